The molecule has 0 spiro atoms. The summed E-state index contributed by atoms with van der Waals surface area (Å²) in [6.45, 7) is 1.38. The molecule has 0 amide bonds. The van der Waals surface area contributed by atoms with Gasteiger partial charge in [0, 0.05) is 19.2 Å². The smallest absolute Gasteiger partial charge is 0.232 e. The molecule has 7 nitrogen and oxygen atoms in total. The van der Waals surface area contributed by atoms with Crippen molar-refractivity contribution in [3.05, 3.63) is 35.3 Å². The summed E-state index contributed by atoms with van der Waals surface area (Å²) in [4.78, 5) is 4.19. The Labute approximate surface area is 152 Å². The van der Waals surface area contributed by atoms with Gasteiger partial charge in [0.05, 0.1) is 20.3 Å². The van der Waals surface area contributed by atoms with Crippen LogP contribution in [0.2, 0.25) is 0 Å². The van der Waals surface area contributed by atoms with Crippen molar-refractivity contribution in [3.8, 4) is 17.6 Å². The van der Waals surface area contributed by atoms with Gasteiger partial charge < -0.3 is 23.9 Å². The second kappa shape index (κ2) is 8.41. The van der Waals surface area contributed by atoms with Crippen LogP contribution in [0.15, 0.2) is 22.6 Å². The van der Waals surface area contributed by atoms with Crippen LogP contribution >= 0.6 is 0 Å². The molecule has 1 fully saturated rings. The van der Waals surface area contributed by atoms with Gasteiger partial charge >= 0.3 is 0 Å². The summed E-state index contributed by atoms with van der Waals surface area (Å²) in [5.41, 5.74) is 1.13. The van der Waals surface area contributed by atoms with Crippen LogP contribution in [-0.2, 0) is 4.74 Å². The van der Waals surface area contributed by atoms with Gasteiger partial charge in [0.1, 0.15) is 6.07 Å². The van der Waals surface area contributed by atoms with Crippen LogP contribution in [0.5, 0.6) is 11.5 Å². The fraction of sp³-hybridized carbons (Fsp3) is 0.368. The van der Waals surface area contributed by atoms with Crippen molar-refractivity contribution in [2.24, 2.45) is 0 Å². The minimum atomic E-state index is 0.150. The van der Waals surface area contributed by atoms with E-state index in [1.807, 2.05) is 30.3 Å². The molecule has 1 aromatic carbocycles. The lowest BCUT2D eigenvalue weighted by Gasteiger charge is -2.09. The summed E-state index contributed by atoms with van der Waals surface area (Å²) in [5, 5.41) is 12.3. The molecule has 1 saturated heterocycles. The molecule has 0 bridgehead atoms. The quantitative estimate of drug-likeness (QED) is 0.815. The predicted octanol–water partition coefficient (Wildman–Crippen LogP) is 3.32. The molecule has 2 aromatic rings. The maximum atomic E-state index is 9.24. The monoisotopic (exact) mass is 355 g/mol. The van der Waals surface area contributed by atoms with Crippen LogP contribution in [0.25, 0.3) is 12.2 Å². The number of ether oxygens (including phenoxy) is 3. The minimum Gasteiger partial charge on any atom is -0.493 e. The van der Waals surface area contributed by atoms with Crippen molar-refractivity contribution >= 4 is 18.0 Å². The largest absolute Gasteiger partial charge is 0.493 e. The first-order valence-corrected chi connectivity index (χ1v) is 8.40. The zero-order valence-corrected chi connectivity index (χ0v) is 14.8. The lowest BCUT2D eigenvalue weighted by Crippen LogP contribution is -2.18. The first kappa shape index (κ1) is 17.8. The van der Waals surface area contributed by atoms with Gasteiger partial charge in [-0.2, -0.15) is 10.2 Å². The van der Waals surface area contributed by atoms with Crippen molar-refractivity contribution in [3.63, 3.8) is 0 Å². The van der Waals surface area contributed by atoms with E-state index >= 15 is 0 Å². The number of hydrogen-bond acceptors (Lipinski definition) is 7. The molecule has 1 atom stereocenters. The number of benzene rings is 1. The topological polar surface area (TPSA) is 89.5 Å². The third kappa shape index (κ3) is 4.16. The van der Waals surface area contributed by atoms with Crippen LogP contribution in [0.3, 0.4) is 0 Å². The number of nitriles is 1. The van der Waals surface area contributed by atoms with Crippen molar-refractivity contribution in [1.82, 2.24) is 4.98 Å². The summed E-state index contributed by atoms with van der Waals surface area (Å²) in [6.07, 6.45) is 5.76. The Bertz CT molecular complexity index is 817. The van der Waals surface area contributed by atoms with E-state index in [0.29, 0.717) is 29.8 Å². The fourth-order valence-corrected chi connectivity index (χ4v) is 2.74. The van der Waals surface area contributed by atoms with E-state index < -0.39 is 0 Å². The Kier molecular flexibility index (Phi) is 5.77. The van der Waals surface area contributed by atoms with Crippen molar-refractivity contribution in [2.75, 3.05) is 32.7 Å². The number of aromatic nitrogens is 1. The number of rotatable bonds is 7. The number of nitrogens with one attached hydrogen (secondary N) is 1. The summed E-state index contributed by atoms with van der Waals surface area (Å²) < 4.78 is 21.7. The van der Waals surface area contributed by atoms with E-state index in [1.54, 1.807) is 20.3 Å². The highest BCUT2D eigenvalue weighted by Crippen LogP contribution is 2.28. The van der Waals surface area contributed by atoms with Gasteiger partial charge in [-0.05, 0) is 36.6 Å². The Morgan fingerprint density at radius 2 is 2.15 bits per heavy atom. The first-order chi connectivity index (χ1) is 12.7. The lowest BCUT2D eigenvalue weighted by atomic mass is 10.2. The normalized spacial score (nSPS) is 16.6. The van der Waals surface area contributed by atoms with Gasteiger partial charge in [-0.1, -0.05) is 6.07 Å². The maximum Gasteiger partial charge on any atom is 0.232 e. The van der Waals surface area contributed by atoms with Crippen LogP contribution in [0, 0.1) is 11.3 Å². The highest BCUT2D eigenvalue weighted by molar-refractivity contribution is 5.68. The molecule has 7 heteroatoms. The van der Waals surface area contributed by atoms with Gasteiger partial charge in [-0.25, -0.2) is 0 Å². The first-order valence-electron chi connectivity index (χ1n) is 8.40. The Hall–Kier alpha value is -2.98. The van der Waals surface area contributed by atoms with E-state index in [9.17, 15) is 5.26 Å². The number of oxazole rings is 1. The molecule has 0 radical (unpaired) electrons. The van der Waals surface area contributed by atoms with Crippen LogP contribution in [-0.4, -0.2) is 38.5 Å². The second-order valence-corrected chi connectivity index (χ2v) is 5.81. The van der Waals surface area contributed by atoms with Crippen molar-refractivity contribution in [2.45, 2.75) is 18.9 Å². The lowest BCUT2D eigenvalue weighted by molar-refractivity contribution is 0.120. The number of methoxy groups -OCH3 is 2. The standard InChI is InChI=1S/C19H21N3O4/c1-23-16-7-5-13(10-17(16)24-2)6-8-18-22-15(11-20)19(26-18)21-12-14-4-3-9-25-14/h5-8,10,14,21H,3-4,9,12H2,1-2H3. The molecule has 2 heterocycles. The molecular formula is C19H21N3O4. The molecule has 1 aliphatic rings. The summed E-state index contributed by atoms with van der Waals surface area (Å²) in [7, 11) is 3.18. The third-order valence-corrected chi connectivity index (χ3v) is 4.09. The maximum absolute atomic E-state index is 9.24. The molecule has 136 valence electrons. The number of nitrogens with zero attached hydrogens (tertiary/aromatic N) is 2. The average molecular weight is 355 g/mol. The molecule has 1 unspecified atom stereocenters. The second-order valence-electron chi connectivity index (χ2n) is 5.81. The van der Waals surface area contributed by atoms with Crippen LogP contribution in [0.4, 0.5) is 5.88 Å². The van der Waals surface area contributed by atoms with E-state index in [0.717, 1.165) is 25.0 Å². The summed E-state index contributed by atoms with van der Waals surface area (Å²) in [6, 6.07) is 7.61. The third-order valence-electron chi connectivity index (χ3n) is 4.09. The van der Waals surface area contributed by atoms with E-state index in [4.69, 9.17) is 18.6 Å². The molecule has 1 aliphatic heterocycles. The average Bonchev–Trinajstić information content (AvgIpc) is 3.33. The molecule has 1 N–H and O–H groups in total. The van der Waals surface area contributed by atoms with E-state index in [2.05, 4.69) is 10.3 Å². The van der Waals surface area contributed by atoms with E-state index in [1.165, 1.54) is 0 Å². The molecule has 26 heavy (non-hydrogen) atoms. The van der Waals surface area contributed by atoms with Gasteiger partial charge in [-0.3, -0.25) is 0 Å². The Morgan fingerprint density at radius 3 is 2.85 bits per heavy atom. The zero-order chi connectivity index (χ0) is 18.4. The van der Waals surface area contributed by atoms with Crippen LogP contribution < -0.4 is 14.8 Å². The Morgan fingerprint density at radius 1 is 1.31 bits per heavy atom. The van der Waals surface area contributed by atoms with Gasteiger partial charge in [-0.15, -0.1) is 0 Å². The highest BCUT2D eigenvalue weighted by atomic mass is 16.5. The number of anilines is 1. The number of hydrogen-bond donors (Lipinski definition) is 1. The molecule has 1 aromatic heterocycles. The van der Waals surface area contributed by atoms with E-state index in [-0.39, 0.29) is 11.8 Å². The SMILES string of the molecule is COc1ccc(C=Cc2nc(C#N)c(NCC3CCCO3)o2)cc1OC. The molecule has 0 saturated carbocycles. The summed E-state index contributed by atoms with van der Waals surface area (Å²) >= 11 is 0. The minimum absolute atomic E-state index is 0.150. The van der Waals surface area contributed by atoms with Gasteiger partial charge in [0.15, 0.2) is 11.5 Å². The highest BCUT2D eigenvalue weighted by Gasteiger charge is 2.18. The van der Waals surface area contributed by atoms with Crippen molar-refractivity contribution in [1.29, 1.82) is 5.26 Å². The fourth-order valence-electron chi connectivity index (χ4n) is 2.74. The molecule has 0 aliphatic carbocycles. The summed E-state index contributed by atoms with van der Waals surface area (Å²) in [5.74, 6) is 2.02. The Balaban J connectivity index is 1.71. The predicted molar refractivity (Wildman–Crippen MR) is 97.2 cm³/mol. The molecular weight excluding hydrogens is 334 g/mol. The van der Waals surface area contributed by atoms with Gasteiger partial charge in [0.25, 0.3) is 0 Å². The molecule has 3 rings (SSSR count). The zero-order valence-electron chi connectivity index (χ0n) is 14.8. The van der Waals surface area contributed by atoms with Crippen molar-refractivity contribution < 1.29 is 18.6 Å². The van der Waals surface area contributed by atoms with Crippen LogP contribution in [0.1, 0.15) is 30.0 Å². The van der Waals surface area contributed by atoms with Gasteiger partial charge in [0.2, 0.25) is 17.5 Å².